The number of halogens is 2. The zero-order chi connectivity index (χ0) is 21.0. The average Bonchev–Trinajstić information content (AvgIpc) is 2.67. The number of carbonyl (C=O) groups is 4. The Balaban J connectivity index is 1.59. The number of ether oxygens (including phenoxy) is 1. The lowest BCUT2D eigenvalue weighted by Crippen LogP contribution is -2.51. The largest absolute Gasteiger partial charge is 0.484 e. The molecule has 1 fully saturated rings. The van der Waals surface area contributed by atoms with Crippen LogP contribution in [-0.4, -0.2) is 30.4 Å². The fraction of sp³-hybridized carbons (Fsp3) is 0.0526. The summed E-state index contributed by atoms with van der Waals surface area (Å²) in [7, 11) is 0. The molecule has 1 heterocycles. The first kappa shape index (κ1) is 20.4. The van der Waals surface area contributed by atoms with Gasteiger partial charge in [0.15, 0.2) is 6.61 Å². The maximum absolute atomic E-state index is 12.0. The second-order valence-electron chi connectivity index (χ2n) is 5.83. The Morgan fingerprint density at radius 3 is 2.31 bits per heavy atom. The highest BCUT2D eigenvalue weighted by molar-refractivity contribution is 6.35. The minimum atomic E-state index is -0.863. The van der Waals surface area contributed by atoms with Crippen molar-refractivity contribution in [2.45, 2.75) is 0 Å². The number of hydrogen-bond acceptors (Lipinski definition) is 5. The average molecular weight is 434 g/mol. The summed E-state index contributed by atoms with van der Waals surface area (Å²) in [5, 5.41) is 7.34. The molecule has 29 heavy (non-hydrogen) atoms. The summed E-state index contributed by atoms with van der Waals surface area (Å²) < 4.78 is 5.40. The van der Waals surface area contributed by atoms with Crippen LogP contribution in [0.5, 0.6) is 5.75 Å². The Bertz CT molecular complexity index is 1010. The highest BCUT2D eigenvalue weighted by atomic mass is 35.5. The summed E-state index contributed by atoms with van der Waals surface area (Å²) in [4.78, 5) is 46.5. The van der Waals surface area contributed by atoms with E-state index in [-0.39, 0.29) is 12.2 Å². The molecule has 0 aliphatic carbocycles. The van der Waals surface area contributed by atoms with Crippen LogP contribution in [0.2, 0.25) is 10.0 Å². The highest BCUT2D eigenvalue weighted by Gasteiger charge is 2.27. The van der Waals surface area contributed by atoms with Gasteiger partial charge in [0.1, 0.15) is 11.3 Å². The third-order valence-corrected chi connectivity index (χ3v) is 4.27. The van der Waals surface area contributed by atoms with E-state index < -0.39 is 23.8 Å². The van der Waals surface area contributed by atoms with Gasteiger partial charge in [-0.1, -0.05) is 35.3 Å². The van der Waals surface area contributed by atoms with Gasteiger partial charge in [-0.2, -0.15) is 0 Å². The Morgan fingerprint density at radius 2 is 1.66 bits per heavy atom. The van der Waals surface area contributed by atoms with E-state index in [9.17, 15) is 19.2 Å². The molecule has 0 radical (unpaired) electrons. The number of hydrogen-bond donors (Lipinski definition) is 3. The Kier molecular flexibility index (Phi) is 6.16. The molecule has 0 bridgehead atoms. The van der Waals surface area contributed by atoms with Gasteiger partial charge in [-0.3, -0.25) is 25.0 Å². The standard InChI is InChI=1S/C19H13Cl2N3O5/c20-11-3-6-14(21)15(8-11)22-16(25)9-29-12-4-1-10(2-5-12)7-13-17(26)23-19(28)24-18(13)27/h1-8H,9H2,(H,22,25)(H2,23,24,26,27,28). The number of nitrogens with one attached hydrogen (secondary N) is 3. The van der Waals surface area contributed by atoms with Crippen LogP contribution in [0.25, 0.3) is 6.08 Å². The van der Waals surface area contributed by atoms with Crippen molar-refractivity contribution in [3.8, 4) is 5.75 Å². The number of anilines is 1. The number of benzene rings is 2. The lowest BCUT2D eigenvalue weighted by atomic mass is 10.1. The molecule has 148 valence electrons. The normalized spacial score (nSPS) is 13.4. The first-order valence-corrected chi connectivity index (χ1v) is 8.93. The summed E-state index contributed by atoms with van der Waals surface area (Å²) in [5.74, 6) is -1.60. The Labute approximate surface area is 174 Å². The Hall–Kier alpha value is -3.36. The van der Waals surface area contributed by atoms with Gasteiger partial charge in [0, 0.05) is 5.02 Å². The van der Waals surface area contributed by atoms with E-state index in [0.717, 1.165) is 0 Å². The second kappa shape index (κ2) is 8.76. The maximum atomic E-state index is 12.0. The quantitative estimate of drug-likeness (QED) is 0.495. The van der Waals surface area contributed by atoms with Gasteiger partial charge < -0.3 is 10.1 Å². The fourth-order valence-electron chi connectivity index (χ4n) is 2.36. The minimum absolute atomic E-state index is 0.198. The van der Waals surface area contributed by atoms with Crippen LogP contribution in [-0.2, 0) is 14.4 Å². The van der Waals surface area contributed by atoms with Gasteiger partial charge in [-0.05, 0) is 42.0 Å². The van der Waals surface area contributed by atoms with Crippen molar-refractivity contribution in [2.24, 2.45) is 0 Å². The smallest absolute Gasteiger partial charge is 0.328 e. The molecule has 3 N–H and O–H groups in total. The molecule has 0 spiro atoms. The Morgan fingerprint density at radius 1 is 1.00 bits per heavy atom. The summed E-state index contributed by atoms with van der Waals surface area (Å²) in [6.07, 6.45) is 1.33. The number of barbiturate groups is 1. The fourth-order valence-corrected chi connectivity index (χ4v) is 2.70. The van der Waals surface area contributed by atoms with Crippen LogP contribution in [0.3, 0.4) is 0 Å². The van der Waals surface area contributed by atoms with E-state index in [2.05, 4.69) is 5.32 Å². The zero-order valence-electron chi connectivity index (χ0n) is 14.6. The van der Waals surface area contributed by atoms with Crippen LogP contribution in [0.15, 0.2) is 48.0 Å². The van der Waals surface area contributed by atoms with E-state index in [1.807, 2.05) is 10.6 Å². The second-order valence-corrected chi connectivity index (χ2v) is 6.67. The summed E-state index contributed by atoms with van der Waals surface area (Å²) in [6, 6.07) is 10.1. The molecule has 0 aromatic heterocycles. The monoisotopic (exact) mass is 433 g/mol. The topological polar surface area (TPSA) is 114 Å². The molecule has 1 aliphatic rings. The van der Waals surface area contributed by atoms with Crippen LogP contribution in [0.1, 0.15) is 5.56 Å². The van der Waals surface area contributed by atoms with Crippen molar-refractivity contribution in [1.29, 1.82) is 0 Å². The van der Waals surface area contributed by atoms with Crippen molar-refractivity contribution in [3.05, 3.63) is 63.6 Å². The van der Waals surface area contributed by atoms with E-state index >= 15 is 0 Å². The van der Waals surface area contributed by atoms with Crippen molar-refractivity contribution in [2.75, 3.05) is 11.9 Å². The molecule has 8 nitrogen and oxygen atoms in total. The predicted octanol–water partition coefficient (Wildman–Crippen LogP) is 2.76. The van der Waals surface area contributed by atoms with Gasteiger partial charge in [-0.25, -0.2) is 4.79 Å². The van der Waals surface area contributed by atoms with Crippen LogP contribution < -0.4 is 20.7 Å². The van der Waals surface area contributed by atoms with Crippen molar-refractivity contribution in [3.63, 3.8) is 0 Å². The molecule has 0 unspecified atom stereocenters. The molecule has 2 aromatic carbocycles. The molecule has 0 saturated carbocycles. The first-order valence-electron chi connectivity index (χ1n) is 8.18. The molecule has 10 heteroatoms. The minimum Gasteiger partial charge on any atom is -0.484 e. The molecule has 3 rings (SSSR count). The lowest BCUT2D eigenvalue weighted by Gasteiger charge is -2.14. The van der Waals surface area contributed by atoms with Crippen LogP contribution >= 0.6 is 23.2 Å². The van der Waals surface area contributed by atoms with Crippen LogP contribution in [0.4, 0.5) is 10.5 Å². The van der Waals surface area contributed by atoms with Gasteiger partial charge in [0.25, 0.3) is 17.7 Å². The van der Waals surface area contributed by atoms with Gasteiger partial charge in [0.2, 0.25) is 0 Å². The first-order chi connectivity index (χ1) is 13.8. The van der Waals surface area contributed by atoms with Crippen molar-refractivity contribution in [1.82, 2.24) is 10.6 Å². The summed E-state index contributed by atoms with van der Waals surface area (Å²) >= 11 is 11.9. The molecule has 0 atom stereocenters. The maximum Gasteiger partial charge on any atom is 0.328 e. The lowest BCUT2D eigenvalue weighted by molar-refractivity contribution is -0.124. The van der Waals surface area contributed by atoms with Crippen molar-refractivity contribution >= 4 is 58.7 Å². The third-order valence-electron chi connectivity index (χ3n) is 3.71. The van der Waals surface area contributed by atoms with Gasteiger partial charge in [-0.15, -0.1) is 0 Å². The number of amides is 5. The summed E-state index contributed by atoms with van der Waals surface area (Å²) in [6.45, 7) is -0.268. The summed E-state index contributed by atoms with van der Waals surface area (Å²) in [5.41, 5.74) is 0.704. The highest BCUT2D eigenvalue weighted by Crippen LogP contribution is 2.25. The molecule has 5 amide bonds. The molecular weight excluding hydrogens is 421 g/mol. The number of carbonyl (C=O) groups excluding carboxylic acids is 4. The van der Waals surface area contributed by atoms with E-state index in [1.165, 1.54) is 12.1 Å². The molecule has 2 aromatic rings. The number of rotatable bonds is 5. The van der Waals surface area contributed by atoms with Crippen LogP contribution in [0, 0.1) is 0 Å². The number of urea groups is 1. The SMILES string of the molecule is O=C(COc1ccc(C=C2C(=O)NC(=O)NC2=O)cc1)Nc1cc(Cl)ccc1Cl. The molecule has 1 aliphatic heterocycles. The number of imide groups is 2. The third kappa shape index (κ3) is 5.34. The predicted molar refractivity (Wildman–Crippen MR) is 107 cm³/mol. The van der Waals surface area contributed by atoms with E-state index in [4.69, 9.17) is 27.9 Å². The van der Waals surface area contributed by atoms with E-state index in [0.29, 0.717) is 27.0 Å². The van der Waals surface area contributed by atoms with Crippen molar-refractivity contribution < 1.29 is 23.9 Å². The van der Waals surface area contributed by atoms with Gasteiger partial charge >= 0.3 is 6.03 Å². The van der Waals surface area contributed by atoms with E-state index in [1.54, 1.807) is 36.4 Å². The zero-order valence-corrected chi connectivity index (χ0v) is 16.1. The van der Waals surface area contributed by atoms with Gasteiger partial charge in [0.05, 0.1) is 10.7 Å². The molecule has 1 saturated heterocycles. The molecular formula is C19H13Cl2N3O5.